The monoisotopic (exact) mass is 409 g/mol. The van der Waals surface area contributed by atoms with E-state index in [9.17, 15) is 28.7 Å². The summed E-state index contributed by atoms with van der Waals surface area (Å²) < 4.78 is 14.1. The van der Waals surface area contributed by atoms with Crippen LogP contribution in [0.2, 0.25) is 0 Å². The molecule has 0 aromatic heterocycles. The molecule has 2 aromatic carbocycles. The molecule has 3 aliphatic rings. The van der Waals surface area contributed by atoms with Gasteiger partial charge in [-0.1, -0.05) is 12.1 Å². The minimum absolute atomic E-state index is 0.163. The van der Waals surface area contributed by atoms with Crippen LogP contribution in [0.4, 0.5) is 9.18 Å². The molecular weight excluding hydrogens is 393 g/mol. The predicted octanol–water partition coefficient (Wildman–Crippen LogP) is 1.54. The Balaban J connectivity index is 1.75. The highest BCUT2D eigenvalue weighted by atomic mass is 19.1. The largest absolute Gasteiger partial charge is 0.480 e. The van der Waals surface area contributed by atoms with Crippen LogP contribution in [0.1, 0.15) is 39.9 Å². The van der Waals surface area contributed by atoms with E-state index in [4.69, 9.17) is 0 Å². The summed E-state index contributed by atoms with van der Waals surface area (Å²) in [6, 6.07) is 6.35. The number of fused-ring (bicyclic) bond motifs is 5. The van der Waals surface area contributed by atoms with Gasteiger partial charge in [-0.05, 0) is 49.1 Å². The molecule has 4 N–H and O–H groups in total. The lowest BCUT2D eigenvalue weighted by Crippen LogP contribution is -2.44. The van der Waals surface area contributed by atoms with Gasteiger partial charge in [0.05, 0.1) is 0 Å². The van der Waals surface area contributed by atoms with Crippen molar-refractivity contribution in [3.05, 3.63) is 58.4 Å². The van der Waals surface area contributed by atoms with Crippen LogP contribution in [-0.2, 0) is 15.1 Å². The maximum absolute atomic E-state index is 14.1. The van der Waals surface area contributed by atoms with E-state index in [1.807, 2.05) is 0 Å². The van der Waals surface area contributed by atoms with Gasteiger partial charge in [0, 0.05) is 22.3 Å². The summed E-state index contributed by atoms with van der Waals surface area (Å²) in [5.74, 6) is -2.98. The zero-order valence-electron chi connectivity index (χ0n) is 15.8. The lowest BCUT2D eigenvalue weighted by Gasteiger charge is -2.24. The molecular formula is C21H16FN3O5. The Hall–Kier alpha value is -3.75. The first-order valence-corrected chi connectivity index (χ1v) is 9.33. The summed E-state index contributed by atoms with van der Waals surface area (Å²) in [7, 11) is 0. The number of amides is 4. The number of benzene rings is 2. The van der Waals surface area contributed by atoms with Crippen LogP contribution in [0.15, 0.2) is 30.3 Å². The second-order valence-corrected chi connectivity index (χ2v) is 7.92. The average molecular weight is 409 g/mol. The van der Waals surface area contributed by atoms with Gasteiger partial charge in [-0.15, -0.1) is 0 Å². The van der Waals surface area contributed by atoms with E-state index in [-0.39, 0.29) is 11.1 Å². The number of carboxylic acid groups (broad SMARTS) is 1. The molecule has 8 nitrogen and oxygen atoms in total. The standard InChI is InChI=1S/C21H16FN3O5/c1-9-6-12(16(26)24-20(4-5-20)18(28)29)15-11-3-2-10(22)8-13(11)21(14(15)7-9)17(27)23-19(30)25-21/h2-3,6-8H,4-5H2,1H3,(H,24,26)(H,28,29)(H2,23,25,27,30). The van der Waals surface area contributed by atoms with Crippen molar-refractivity contribution in [2.24, 2.45) is 0 Å². The molecule has 1 spiro atoms. The summed E-state index contributed by atoms with van der Waals surface area (Å²) in [6.07, 6.45) is 0.651. The van der Waals surface area contributed by atoms with E-state index in [1.54, 1.807) is 19.1 Å². The predicted molar refractivity (Wildman–Crippen MR) is 101 cm³/mol. The zero-order valence-corrected chi connectivity index (χ0v) is 15.8. The van der Waals surface area contributed by atoms with Crippen molar-refractivity contribution >= 4 is 23.8 Å². The molecule has 5 rings (SSSR count). The first kappa shape index (κ1) is 18.3. The lowest BCUT2D eigenvalue weighted by atomic mass is 9.86. The Bertz CT molecular complexity index is 1200. The summed E-state index contributed by atoms with van der Waals surface area (Å²) in [5.41, 5.74) is -0.807. The molecule has 30 heavy (non-hydrogen) atoms. The second kappa shape index (κ2) is 5.65. The van der Waals surface area contributed by atoms with Crippen molar-refractivity contribution < 1.29 is 28.7 Å². The molecule has 1 atom stereocenters. The summed E-state index contributed by atoms with van der Waals surface area (Å²) in [6.45, 7) is 1.72. The van der Waals surface area contributed by atoms with Crippen LogP contribution in [0.3, 0.4) is 0 Å². The van der Waals surface area contributed by atoms with E-state index < -0.39 is 40.7 Å². The van der Waals surface area contributed by atoms with Crippen LogP contribution in [0.5, 0.6) is 0 Å². The number of carbonyl (C=O) groups excluding carboxylic acids is 3. The van der Waals surface area contributed by atoms with E-state index in [2.05, 4.69) is 16.0 Å². The minimum atomic E-state index is -1.66. The van der Waals surface area contributed by atoms with Gasteiger partial charge < -0.3 is 15.7 Å². The number of aryl methyl sites for hydroxylation is 1. The van der Waals surface area contributed by atoms with Gasteiger partial charge in [-0.3, -0.25) is 14.9 Å². The average Bonchev–Trinajstić information content (AvgIpc) is 3.33. The fraction of sp³-hybridized carbons (Fsp3) is 0.238. The van der Waals surface area contributed by atoms with Gasteiger partial charge in [0.2, 0.25) is 0 Å². The van der Waals surface area contributed by atoms with E-state index in [1.165, 1.54) is 12.1 Å². The molecule has 1 aliphatic heterocycles. The molecule has 2 aliphatic carbocycles. The Morgan fingerprint density at radius 3 is 2.47 bits per heavy atom. The quantitative estimate of drug-likeness (QED) is 0.573. The molecule has 1 heterocycles. The number of rotatable bonds is 3. The van der Waals surface area contributed by atoms with Crippen molar-refractivity contribution in [2.75, 3.05) is 0 Å². The van der Waals surface area contributed by atoms with Gasteiger partial charge in [-0.25, -0.2) is 14.0 Å². The molecule has 0 bridgehead atoms. The normalized spacial score (nSPS) is 22.2. The number of imide groups is 1. The highest BCUT2D eigenvalue weighted by Gasteiger charge is 2.56. The Morgan fingerprint density at radius 2 is 1.87 bits per heavy atom. The summed E-state index contributed by atoms with van der Waals surface area (Å²) >= 11 is 0. The maximum Gasteiger partial charge on any atom is 0.329 e. The molecule has 1 unspecified atom stereocenters. The smallest absolute Gasteiger partial charge is 0.329 e. The molecule has 2 fully saturated rings. The van der Waals surface area contributed by atoms with Gasteiger partial charge in [-0.2, -0.15) is 0 Å². The van der Waals surface area contributed by atoms with E-state index in [0.29, 0.717) is 35.1 Å². The van der Waals surface area contributed by atoms with Gasteiger partial charge in [0.25, 0.3) is 11.8 Å². The van der Waals surface area contributed by atoms with Crippen molar-refractivity contribution in [1.29, 1.82) is 0 Å². The zero-order chi connectivity index (χ0) is 21.4. The van der Waals surface area contributed by atoms with Crippen LogP contribution >= 0.6 is 0 Å². The number of carboxylic acids is 1. The third-order valence-corrected chi connectivity index (χ3v) is 5.97. The molecule has 2 aromatic rings. The highest BCUT2D eigenvalue weighted by molar-refractivity contribution is 6.15. The van der Waals surface area contributed by atoms with Crippen LogP contribution in [0.25, 0.3) is 11.1 Å². The maximum atomic E-state index is 14.1. The molecule has 152 valence electrons. The van der Waals surface area contributed by atoms with Gasteiger partial charge in [0.1, 0.15) is 11.4 Å². The molecule has 0 radical (unpaired) electrons. The topological polar surface area (TPSA) is 125 Å². The Kier molecular flexibility index (Phi) is 3.45. The van der Waals surface area contributed by atoms with Crippen molar-refractivity contribution in [1.82, 2.24) is 16.0 Å². The van der Waals surface area contributed by atoms with Crippen LogP contribution in [0, 0.1) is 12.7 Å². The molecule has 9 heteroatoms. The van der Waals surface area contributed by atoms with Crippen molar-refractivity contribution in [3.8, 4) is 11.1 Å². The van der Waals surface area contributed by atoms with Crippen LogP contribution < -0.4 is 16.0 Å². The minimum Gasteiger partial charge on any atom is -0.480 e. The number of urea groups is 1. The summed E-state index contributed by atoms with van der Waals surface area (Å²) in [5, 5.41) is 16.8. The first-order chi connectivity index (χ1) is 14.2. The number of carbonyl (C=O) groups is 4. The Labute approximate surface area is 169 Å². The van der Waals surface area contributed by atoms with Crippen molar-refractivity contribution in [3.63, 3.8) is 0 Å². The van der Waals surface area contributed by atoms with E-state index in [0.717, 1.165) is 6.07 Å². The third-order valence-electron chi connectivity index (χ3n) is 5.97. The van der Waals surface area contributed by atoms with E-state index >= 15 is 0 Å². The molecule has 4 amide bonds. The fourth-order valence-corrected chi connectivity index (χ4v) is 4.38. The highest BCUT2D eigenvalue weighted by Crippen LogP contribution is 2.51. The third kappa shape index (κ3) is 2.25. The van der Waals surface area contributed by atoms with Gasteiger partial charge in [0.15, 0.2) is 5.54 Å². The first-order valence-electron chi connectivity index (χ1n) is 9.33. The molecule has 1 saturated heterocycles. The fourth-order valence-electron chi connectivity index (χ4n) is 4.38. The lowest BCUT2D eigenvalue weighted by molar-refractivity contribution is -0.140. The number of hydrogen-bond donors (Lipinski definition) is 4. The number of hydrogen-bond acceptors (Lipinski definition) is 4. The number of aliphatic carboxylic acids is 1. The molecule has 1 saturated carbocycles. The second-order valence-electron chi connectivity index (χ2n) is 7.92. The SMILES string of the molecule is Cc1cc(C(=O)NC2(C(=O)O)CC2)c2c(c1)C1(NC(=O)NC1=O)c1cc(F)ccc1-2. The van der Waals surface area contributed by atoms with Gasteiger partial charge >= 0.3 is 12.0 Å². The Morgan fingerprint density at radius 1 is 1.13 bits per heavy atom. The summed E-state index contributed by atoms with van der Waals surface area (Å²) in [4.78, 5) is 49.5. The van der Waals surface area contributed by atoms with Crippen molar-refractivity contribution in [2.45, 2.75) is 30.8 Å². The number of halogens is 1. The van der Waals surface area contributed by atoms with Crippen LogP contribution in [-0.4, -0.2) is 34.5 Å². The number of nitrogens with one attached hydrogen (secondary N) is 3.